The largest absolute Gasteiger partial charge is 0.384 e. The molecule has 0 radical (unpaired) electrons. The van der Waals surface area contributed by atoms with E-state index in [1.807, 2.05) is 24.3 Å². The predicted molar refractivity (Wildman–Crippen MR) is 125 cm³/mol. The molecule has 2 aliphatic carbocycles. The minimum Gasteiger partial charge on any atom is -0.384 e. The van der Waals surface area contributed by atoms with Crippen LogP contribution in [0.25, 0.3) is 10.9 Å². The van der Waals surface area contributed by atoms with Crippen LogP contribution in [0, 0.1) is 16.7 Å². The molecule has 2 bridgehead atoms. The van der Waals surface area contributed by atoms with Gasteiger partial charge >= 0.3 is 0 Å². The van der Waals surface area contributed by atoms with Gasteiger partial charge in [0, 0.05) is 47.2 Å². The molecule has 2 fully saturated rings. The lowest BCUT2D eigenvalue weighted by molar-refractivity contribution is -0.128. The maximum atomic E-state index is 12.7. The number of unbranched alkanes of at least 4 members (excludes halogenated alkanes) is 1. The second-order valence-corrected chi connectivity index (χ2v) is 11.7. The summed E-state index contributed by atoms with van der Waals surface area (Å²) in [6.45, 7) is 5.23. The Morgan fingerprint density at radius 2 is 1.97 bits per heavy atom. The van der Waals surface area contributed by atoms with Gasteiger partial charge in [-0.15, -0.1) is 0 Å². The topological polar surface area (TPSA) is 88.2 Å². The molecule has 2 saturated carbocycles. The molecule has 1 aromatic carbocycles. The number of carbonyl (C=O) groups excluding carboxylic acids is 1. The van der Waals surface area contributed by atoms with Crippen molar-refractivity contribution in [1.29, 1.82) is 0 Å². The number of fused-ring (bicyclic) bond motifs is 3. The van der Waals surface area contributed by atoms with Gasteiger partial charge in [0.15, 0.2) is 0 Å². The molecule has 0 saturated heterocycles. The van der Waals surface area contributed by atoms with E-state index < -0.39 is 15.4 Å². The Morgan fingerprint density at radius 3 is 2.68 bits per heavy atom. The predicted octanol–water partition coefficient (Wildman–Crippen LogP) is 4.40. The summed E-state index contributed by atoms with van der Waals surface area (Å²) in [4.78, 5) is 16.9. The Balaban J connectivity index is 1.25. The van der Waals surface area contributed by atoms with E-state index in [2.05, 4.69) is 28.9 Å². The monoisotopic (exact) mass is 463 g/mol. The number of anilines is 1. The number of nitrogens with one attached hydrogen (secondary N) is 2. The van der Waals surface area contributed by atoms with Crippen LogP contribution >= 0.6 is 11.6 Å². The molecule has 8 heteroatoms. The first-order valence-corrected chi connectivity index (χ1v) is 13.0. The molecule has 2 atom stereocenters. The van der Waals surface area contributed by atoms with Crippen molar-refractivity contribution in [1.82, 2.24) is 9.71 Å². The van der Waals surface area contributed by atoms with Crippen molar-refractivity contribution >= 4 is 44.0 Å². The normalized spacial score (nSPS) is 24.7. The lowest BCUT2D eigenvalue weighted by Gasteiger charge is -2.36. The van der Waals surface area contributed by atoms with Gasteiger partial charge in [0.05, 0.1) is 11.3 Å². The highest BCUT2D eigenvalue weighted by Crippen LogP contribution is 2.64. The fourth-order valence-corrected chi connectivity index (χ4v) is 7.51. The summed E-state index contributed by atoms with van der Waals surface area (Å²) in [6.07, 6.45) is 5.46. The van der Waals surface area contributed by atoms with Gasteiger partial charge in [0.1, 0.15) is 5.78 Å². The number of halogens is 1. The van der Waals surface area contributed by atoms with Crippen molar-refractivity contribution in [2.45, 2.75) is 46.0 Å². The lowest BCUT2D eigenvalue weighted by atomic mass is 9.70. The van der Waals surface area contributed by atoms with Gasteiger partial charge in [-0.1, -0.05) is 25.4 Å². The lowest BCUT2D eigenvalue weighted by Crippen LogP contribution is -2.45. The van der Waals surface area contributed by atoms with Crippen molar-refractivity contribution < 1.29 is 13.2 Å². The van der Waals surface area contributed by atoms with E-state index in [1.165, 1.54) is 0 Å². The van der Waals surface area contributed by atoms with Crippen LogP contribution in [0.1, 0.15) is 46.0 Å². The van der Waals surface area contributed by atoms with Gasteiger partial charge in [0.2, 0.25) is 10.0 Å². The average molecular weight is 464 g/mol. The van der Waals surface area contributed by atoms with Gasteiger partial charge in [-0.3, -0.25) is 9.78 Å². The molecule has 0 spiro atoms. The molecule has 31 heavy (non-hydrogen) atoms. The van der Waals surface area contributed by atoms with Crippen LogP contribution < -0.4 is 10.0 Å². The van der Waals surface area contributed by atoms with E-state index in [0.29, 0.717) is 36.7 Å². The molecule has 2 unspecified atom stereocenters. The fraction of sp³-hybridized carbons (Fsp3) is 0.565. The molecule has 168 valence electrons. The Hall–Kier alpha value is -1.70. The van der Waals surface area contributed by atoms with E-state index in [-0.39, 0.29) is 17.0 Å². The van der Waals surface area contributed by atoms with Crippen LogP contribution in [0.5, 0.6) is 0 Å². The van der Waals surface area contributed by atoms with Crippen LogP contribution in [-0.2, 0) is 14.8 Å². The summed E-state index contributed by atoms with van der Waals surface area (Å²) in [5.41, 5.74) is 0.874. The Labute approximate surface area is 189 Å². The highest BCUT2D eigenvalue weighted by Gasteiger charge is 2.65. The van der Waals surface area contributed by atoms with E-state index in [4.69, 9.17) is 11.6 Å². The average Bonchev–Trinajstić information content (AvgIpc) is 3.04. The first-order chi connectivity index (χ1) is 14.6. The molecule has 0 aliphatic heterocycles. The number of ketones is 1. The molecule has 1 aromatic heterocycles. The zero-order valence-electron chi connectivity index (χ0n) is 18.1. The zero-order valence-corrected chi connectivity index (χ0v) is 19.7. The first-order valence-electron chi connectivity index (χ1n) is 10.9. The first kappa shape index (κ1) is 22.5. The number of Topliss-reactive ketones (excluding diaryl/α,β-unsaturated/α-hetero) is 1. The summed E-state index contributed by atoms with van der Waals surface area (Å²) in [5, 5.41) is 5.05. The van der Waals surface area contributed by atoms with Crippen LogP contribution in [0.4, 0.5) is 5.69 Å². The Bertz CT molecular complexity index is 1100. The minimum atomic E-state index is -3.50. The van der Waals surface area contributed by atoms with Crippen LogP contribution in [-0.4, -0.2) is 38.0 Å². The summed E-state index contributed by atoms with van der Waals surface area (Å²) in [6, 6.07) is 7.54. The minimum absolute atomic E-state index is 0.0772. The fourth-order valence-electron chi connectivity index (χ4n) is 5.46. The second kappa shape index (κ2) is 8.34. The van der Waals surface area contributed by atoms with Gasteiger partial charge in [-0.2, -0.15) is 0 Å². The number of aromatic nitrogens is 1. The second-order valence-electron chi connectivity index (χ2n) is 9.47. The summed E-state index contributed by atoms with van der Waals surface area (Å²) < 4.78 is 28.2. The SMILES string of the molecule is CC1(C)C2CCC1(CS(=O)(=O)NCCCCNc1ccnc3cc(Cl)ccc13)C(=O)C2. The van der Waals surface area contributed by atoms with Crippen molar-refractivity contribution in [3.8, 4) is 0 Å². The molecular formula is C23H30ClN3O3S. The molecule has 0 amide bonds. The number of hydrogen-bond acceptors (Lipinski definition) is 5. The quantitative estimate of drug-likeness (QED) is 0.538. The van der Waals surface area contributed by atoms with Gasteiger partial charge in [0.25, 0.3) is 0 Å². The molecular weight excluding hydrogens is 434 g/mol. The number of nitrogens with zero attached hydrogens (tertiary/aromatic N) is 1. The Kier molecular flexibility index (Phi) is 6.05. The highest BCUT2D eigenvalue weighted by atomic mass is 35.5. The highest BCUT2D eigenvalue weighted by molar-refractivity contribution is 7.89. The molecule has 2 N–H and O–H groups in total. The smallest absolute Gasteiger partial charge is 0.212 e. The van der Waals surface area contributed by atoms with Crippen LogP contribution in [0.2, 0.25) is 5.02 Å². The van der Waals surface area contributed by atoms with Crippen molar-refractivity contribution in [2.24, 2.45) is 16.7 Å². The van der Waals surface area contributed by atoms with E-state index in [0.717, 1.165) is 36.0 Å². The third kappa shape index (κ3) is 4.20. The van der Waals surface area contributed by atoms with E-state index >= 15 is 0 Å². The van der Waals surface area contributed by atoms with Gasteiger partial charge in [-0.25, -0.2) is 13.1 Å². The number of benzene rings is 1. The number of carbonyl (C=O) groups is 1. The maximum absolute atomic E-state index is 12.7. The van der Waals surface area contributed by atoms with Crippen molar-refractivity contribution in [2.75, 3.05) is 24.2 Å². The third-order valence-corrected chi connectivity index (χ3v) is 9.27. The summed E-state index contributed by atoms with van der Waals surface area (Å²) in [5.74, 6) is 0.377. The number of hydrogen-bond donors (Lipinski definition) is 2. The number of sulfonamides is 1. The Morgan fingerprint density at radius 1 is 1.19 bits per heavy atom. The van der Waals surface area contributed by atoms with E-state index in [1.54, 1.807) is 6.20 Å². The van der Waals surface area contributed by atoms with Crippen molar-refractivity contribution in [3.63, 3.8) is 0 Å². The van der Waals surface area contributed by atoms with Crippen LogP contribution in [0.15, 0.2) is 30.5 Å². The molecule has 2 aliphatic rings. The van der Waals surface area contributed by atoms with Crippen LogP contribution in [0.3, 0.4) is 0 Å². The summed E-state index contributed by atoms with van der Waals surface area (Å²) >= 11 is 6.03. The third-order valence-electron chi connectivity index (χ3n) is 7.52. The van der Waals surface area contributed by atoms with Gasteiger partial charge < -0.3 is 5.32 Å². The van der Waals surface area contributed by atoms with E-state index in [9.17, 15) is 13.2 Å². The molecule has 2 aromatic rings. The summed E-state index contributed by atoms with van der Waals surface area (Å²) in [7, 11) is -3.50. The number of rotatable bonds is 9. The van der Waals surface area contributed by atoms with Crippen molar-refractivity contribution in [3.05, 3.63) is 35.5 Å². The molecule has 1 heterocycles. The number of pyridine rings is 1. The van der Waals surface area contributed by atoms with Gasteiger partial charge in [-0.05, 0) is 61.3 Å². The zero-order chi connectivity index (χ0) is 22.3. The molecule has 4 rings (SSSR count). The standard InChI is InChI=1S/C23H30ClN3O3S/c1-22(2)16-7-9-23(22,21(28)13-16)15-31(29,30)27-11-4-3-10-25-19-8-12-26-20-14-17(24)5-6-18(19)20/h5-6,8,12,14,16,27H,3-4,7,9-11,13,15H2,1-2H3,(H,25,26). The maximum Gasteiger partial charge on any atom is 0.212 e. The molecule has 6 nitrogen and oxygen atoms in total.